The van der Waals surface area contributed by atoms with Crippen LogP contribution in [0.2, 0.25) is 0 Å². The summed E-state index contributed by atoms with van der Waals surface area (Å²) < 4.78 is 11.3. The Morgan fingerprint density at radius 3 is 2.36 bits per heavy atom. The summed E-state index contributed by atoms with van der Waals surface area (Å²) in [5, 5.41) is 4.11. The first-order valence-corrected chi connectivity index (χ1v) is 11.6. The predicted molar refractivity (Wildman–Crippen MR) is 131 cm³/mol. The average Bonchev–Trinajstić information content (AvgIpc) is 3.33. The van der Waals surface area contributed by atoms with E-state index in [0.29, 0.717) is 35.3 Å². The lowest BCUT2D eigenvalue weighted by Crippen LogP contribution is -2.35. The van der Waals surface area contributed by atoms with E-state index in [1.54, 1.807) is 24.5 Å². The zero-order valence-electron chi connectivity index (χ0n) is 17.9. The predicted octanol–water partition coefficient (Wildman–Crippen LogP) is 5.69. The molecule has 2 aromatic carbocycles. The first-order valence-electron chi connectivity index (χ1n) is 10.8. The molecule has 33 heavy (non-hydrogen) atoms. The molecule has 0 spiro atoms. The van der Waals surface area contributed by atoms with Crippen molar-refractivity contribution in [3.8, 4) is 22.6 Å². The number of hydrogen-bond acceptors (Lipinski definition) is 6. The van der Waals surface area contributed by atoms with Gasteiger partial charge in [-0.25, -0.2) is 0 Å². The third-order valence-corrected chi connectivity index (χ3v) is 6.51. The van der Waals surface area contributed by atoms with Crippen LogP contribution in [-0.2, 0) is 4.74 Å². The number of benzene rings is 2. The Balaban J connectivity index is 1.34. The molecule has 0 aliphatic carbocycles. The second kappa shape index (κ2) is 9.85. The molecule has 1 fully saturated rings. The SMILES string of the molecule is O=C(Nc1ccc(Oc2ccncc2)cc1)c1cc(-c2ccccc2)c(N2CCOCC2)s1. The van der Waals surface area contributed by atoms with Gasteiger partial charge in [-0.1, -0.05) is 30.3 Å². The van der Waals surface area contributed by atoms with E-state index in [1.807, 2.05) is 48.5 Å². The van der Waals surface area contributed by atoms with E-state index >= 15 is 0 Å². The number of aromatic nitrogens is 1. The fraction of sp³-hybridized carbons (Fsp3) is 0.154. The number of rotatable bonds is 6. The molecule has 2 aromatic heterocycles. The molecule has 1 amide bonds. The molecule has 1 N–H and O–H groups in total. The molecule has 3 heterocycles. The van der Waals surface area contributed by atoms with Crippen molar-refractivity contribution < 1.29 is 14.3 Å². The smallest absolute Gasteiger partial charge is 0.265 e. The van der Waals surface area contributed by atoms with Crippen LogP contribution in [0.3, 0.4) is 0 Å². The Morgan fingerprint density at radius 1 is 0.939 bits per heavy atom. The number of pyridine rings is 1. The Kier molecular flexibility index (Phi) is 6.32. The van der Waals surface area contributed by atoms with E-state index in [-0.39, 0.29) is 5.91 Å². The average molecular weight is 458 g/mol. The molecule has 4 aromatic rings. The van der Waals surface area contributed by atoms with Gasteiger partial charge in [-0.2, -0.15) is 0 Å². The van der Waals surface area contributed by atoms with E-state index in [2.05, 4.69) is 27.3 Å². The van der Waals surface area contributed by atoms with Crippen LogP contribution in [0.4, 0.5) is 10.7 Å². The van der Waals surface area contributed by atoms with E-state index < -0.39 is 0 Å². The summed E-state index contributed by atoms with van der Waals surface area (Å²) in [7, 11) is 0. The number of morpholine rings is 1. The Bertz CT molecular complexity index is 1200. The molecule has 7 heteroatoms. The van der Waals surface area contributed by atoms with Crippen molar-refractivity contribution in [1.82, 2.24) is 4.98 Å². The third-order valence-electron chi connectivity index (χ3n) is 5.32. The van der Waals surface area contributed by atoms with Crippen molar-refractivity contribution >= 4 is 27.9 Å². The standard InChI is InChI=1S/C26H23N3O3S/c30-25(28-20-6-8-21(9-7-20)32-22-10-12-27-13-11-22)24-18-23(19-4-2-1-3-5-19)26(33-24)29-14-16-31-17-15-29/h1-13,18H,14-17H2,(H,28,30). The molecule has 1 saturated heterocycles. The lowest BCUT2D eigenvalue weighted by Gasteiger charge is -2.28. The highest BCUT2D eigenvalue weighted by molar-refractivity contribution is 7.18. The topological polar surface area (TPSA) is 63.7 Å². The number of carbonyl (C=O) groups excluding carboxylic acids is 1. The highest BCUT2D eigenvalue weighted by Gasteiger charge is 2.22. The molecule has 0 atom stereocenters. The summed E-state index contributed by atoms with van der Waals surface area (Å²) >= 11 is 1.52. The second-order valence-electron chi connectivity index (χ2n) is 7.56. The lowest BCUT2D eigenvalue weighted by atomic mass is 10.1. The second-order valence-corrected chi connectivity index (χ2v) is 8.59. The number of ether oxygens (including phenoxy) is 2. The van der Waals surface area contributed by atoms with Crippen molar-refractivity contribution in [2.24, 2.45) is 0 Å². The maximum absolute atomic E-state index is 13.1. The highest BCUT2D eigenvalue weighted by Crippen LogP contribution is 2.39. The van der Waals surface area contributed by atoms with Crippen LogP contribution in [0.5, 0.6) is 11.5 Å². The number of amides is 1. The number of thiophene rings is 1. The van der Waals surface area contributed by atoms with Gasteiger partial charge in [-0.05, 0) is 48.0 Å². The first-order chi connectivity index (χ1) is 16.3. The van der Waals surface area contributed by atoms with Gasteiger partial charge < -0.3 is 19.7 Å². The van der Waals surface area contributed by atoms with Crippen molar-refractivity contribution in [2.45, 2.75) is 0 Å². The largest absolute Gasteiger partial charge is 0.457 e. The maximum atomic E-state index is 13.1. The van der Waals surface area contributed by atoms with Gasteiger partial charge >= 0.3 is 0 Å². The fourth-order valence-electron chi connectivity index (χ4n) is 3.66. The lowest BCUT2D eigenvalue weighted by molar-refractivity contribution is 0.103. The molecule has 1 aliphatic heterocycles. The number of nitrogens with one attached hydrogen (secondary N) is 1. The van der Waals surface area contributed by atoms with Crippen molar-refractivity contribution in [3.63, 3.8) is 0 Å². The minimum atomic E-state index is -0.125. The van der Waals surface area contributed by atoms with Crippen LogP contribution in [0.1, 0.15) is 9.67 Å². The van der Waals surface area contributed by atoms with Gasteiger partial charge in [0.05, 0.1) is 23.1 Å². The van der Waals surface area contributed by atoms with Crippen LogP contribution < -0.4 is 15.0 Å². The fourth-order valence-corrected chi connectivity index (χ4v) is 4.79. The summed E-state index contributed by atoms with van der Waals surface area (Å²) in [4.78, 5) is 20.0. The highest BCUT2D eigenvalue weighted by atomic mass is 32.1. The molecule has 0 radical (unpaired) electrons. The van der Waals surface area contributed by atoms with Crippen molar-refractivity contribution in [1.29, 1.82) is 0 Å². The molecule has 5 rings (SSSR count). The van der Waals surface area contributed by atoms with Gasteiger partial charge in [-0.15, -0.1) is 11.3 Å². The number of hydrogen-bond donors (Lipinski definition) is 1. The van der Waals surface area contributed by atoms with Gasteiger partial charge in [0.15, 0.2) is 0 Å². The molecule has 1 aliphatic rings. The summed E-state index contributed by atoms with van der Waals surface area (Å²) in [6.45, 7) is 3.03. The first kappa shape index (κ1) is 21.2. The van der Waals surface area contributed by atoms with E-state index in [1.165, 1.54) is 11.3 Å². The molecule has 6 nitrogen and oxygen atoms in total. The summed E-state index contributed by atoms with van der Waals surface area (Å²) in [5.74, 6) is 1.28. The van der Waals surface area contributed by atoms with Crippen LogP contribution in [0.15, 0.2) is 85.2 Å². The van der Waals surface area contributed by atoms with E-state index in [9.17, 15) is 4.79 Å². The van der Waals surface area contributed by atoms with E-state index in [0.717, 1.165) is 29.2 Å². The monoisotopic (exact) mass is 457 g/mol. The number of carbonyl (C=O) groups is 1. The van der Waals surface area contributed by atoms with E-state index in [4.69, 9.17) is 9.47 Å². The molecule has 0 bridgehead atoms. The zero-order chi connectivity index (χ0) is 22.5. The quantitative estimate of drug-likeness (QED) is 0.403. The van der Waals surface area contributed by atoms with Crippen molar-refractivity contribution in [2.75, 3.05) is 36.5 Å². The summed E-state index contributed by atoms with van der Waals surface area (Å²) in [6.07, 6.45) is 3.36. The third kappa shape index (κ3) is 5.05. The Morgan fingerprint density at radius 2 is 1.64 bits per heavy atom. The van der Waals surface area contributed by atoms with Crippen molar-refractivity contribution in [3.05, 3.63) is 90.1 Å². The molecular formula is C26H23N3O3S. The minimum Gasteiger partial charge on any atom is -0.457 e. The van der Waals surface area contributed by atoms with Gasteiger partial charge in [0.1, 0.15) is 11.5 Å². The van der Waals surface area contributed by atoms with Crippen LogP contribution in [-0.4, -0.2) is 37.2 Å². The summed E-state index contributed by atoms with van der Waals surface area (Å²) in [6, 6.07) is 23.1. The maximum Gasteiger partial charge on any atom is 0.265 e. The molecule has 0 saturated carbocycles. The van der Waals surface area contributed by atoms with Gasteiger partial charge in [0.25, 0.3) is 5.91 Å². The van der Waals surface area contributed by atoms with Gasteiger partial charge in [0.2, 0.25) is 0 Å². The summed E-state index contributed by atoms with van der Waals surface area (Å²) in [5.41, 5.74) is 2.89. The minimum absolute atomic E-state index is 0.125. The molecule has 166 valence electrons. The zero-order valence-corrected chi connectivity index (χ0v) is 18.8. The van der Waals surface area contributed by atoms with Crippen LogP contribution in [0, 0.1) is 0 Å². The van der Waals surface area contributed by atoms with Gasteiger partial charge in [0, 0.05) is 36.7 Å². The van der Waals surface area contributed by atoms with Crippen LogP contribution >= 0.6 is 11.3 Å². The number of nitrogens with zero attached hydrogens (tertiary/aromatic N) is 2. The Labute approximate surface area is 196 Å². The number of anilines is 2. The normalized spacial score (nSPS) is 13.5. The van der Waals surface area contributed by atoms with Crippen LogP contribution in [0.25, 0.3) is 11.1 Å². The Hall–Kier alpha value is -3.68. The molecular weight excluding hydrogens is 434 g/mol. The van der Waals surface area contributed by atoms with Gasteiger partial charge in [-0.3, -0.25) is 9.78 Å². The molecule has 0 unspecified atom stereocenters.